The van der Waals surface area contributed by atoms with Crippen molar-refractivity contribution < 1.29 is 14.6 Å². The largest absolute Gasteiger partial charge is 0.478 e. The molecule has 1 fully saturated rings. The van der Waals surface area contributed by atoms with Gasteiger partial charge in [0.05, 0.1) is 12.2 Å². The summed E-state index contributed by atoms with van der Waals surface area (Å²) in [5.41, 5.74) is 1.31. The predicted molar refractivity (Wildman–Crippen MR) is 51.6 cm³/mol. The minimum atomic E-state index is -0.854. The molecule has 3 nitrogen and oxygen atoms in total. The van der Waals surface area contributed by atoms with Crippen molar-refractivity contribution >= 4 is 5.97 Å². The molecule has 0 aliphatic carbocycles. The lowest BCUT2D eigenvalue weighted by Gasteiger charge is -2.10. The van der Waals surface area contributed by atoms with E-state index in [1.54, 1.807) is 12.1 Å². The molecule has 1 N–H and O–H groups in total. The summed E-state index contributed by atoms with van der Waals surface area (Å²) in [4.78, 5) is 10.9. The predicted octanol–water partition coefficient (Wildman–Crippen LogP) is 1.89. The number of carboxylic acid groups (broad SMARTS) is 1. The second-order valence-electron chi connectivity index (χ2n) is 3.45. The van der Waals surface area contributed by atoms with Crippen LogP contribution in [0.3, 0.4) is 0 Å². The summed E-state index contributed by atoms with van der Waals surface area (Å²) < 4.78 is 5.25. The Morgan fingerprint density at radius 2 is 2.21 bits per heavy atom. The first-order valence-corrected chi connectivity index (χ1v) is 4.69. The fraction of sp³-hybridized carbons (Fsp3) is 0.364. The Hall–Kier alpha value is -1.35. The number of hydrogen-bond acceptors (Lipinski definition) is 2. The molecule has 3 heteroatoms. The molecule has 1 aliphatic rings. The number of aromatic carboxylic acids is 1. The maximum atomic E-state index is 10.9. The minimum Gasteiger partial charge on any atom is -0.478 e. The normalized spacial score (nSPS) is 21.0. The highest BCUT2D eigenvalue weighted by Crippen LogP contribution is 2.27. The van der Waals surface area contributed by atoms with E-state index in [0.717, 1.165) is 18.6 Å². The summed E-state index contributed by atoms with van der Waals surface area (Å²) in [6.45, 7) is 1.38. The van der Waals surface area contributed by atoms with Gasteiger partial charge >= 0.3 is 5.97 Å². The molecule has 1 atom stereocenters. The monoisotopic (exact) mass is 192 g/mol. The van der Waals surface area contributed by atoms with Crippen molar-refractivity contribution in [2.45, 2.75) is 12.3 Å². The van der Waals surface area contributed by atoms with Crippen LogP contribution < -0.4 is 0 Å². The molecule has 0 bridgehead atoms. The summed E-state index contributed by atoms with van der Waals surface area (Å²) in [7, 11) is 0. The third-order valence-electron chi connectivity index (χ3n) is 2.56. The fourth-order valence-corrected chi connectivity index (χ4v) is 1.83. The summed E-state index contributed by atoms with van der Waals surface area (Å²) in [6.07, 6.45) is 0.921. The lowest BCUT2D eigenvalue weighted by Crippen LogP contribution is -2.07. The van der Waals surface area contributed by atoms with Gasteiger partial charge in [-0.3, -0.25) is 0 Å². The molecule has 0 amide bonds. The van der Waals surface area contributed by atoms with Gasteiger partial charge in [-0.05, 0) is 18.1 Å². The van der Waals surface area contributed by atoms with Crippen LogP contribution in [0.15, 0.2) is 24.3 Å². The third kappa shape index (κ3) is 1.63. The molecule has 1 aromatic rings. The molecule has 0 radical (unpaired) electrons. The number of carbonyl (C=O) groups is 1. The average molecular weight is 192 g/mol. The van der Waals surface area contributed by atoms with E-state index in [9.17, 15) is 4.79 Å². The Balaban J connectivity index is 2.35. The van der Waals surface area contributed by atoms with Crippen LogP contribution in [-0.2, 0) is 4.74 Å². The van der Waals surface area contributed by atoms with Gasteiger partial charge in [0.15, 0.2) is 0 Å². The van der Waals surface area contributed by atoms with Gasteiger partial charge in [-0.15, -0.1) is 0 Å². The van der Waals surface area contributed by atoms with Crippen LogP contribution in [0, 0.1) is 0 Å². The van der Waals surface area contributed by atoms with Crippen molar-refractivity contribution in [1.29, 1.82) is 0 Å². The lowest BCUT2D eigenvalue weighted by atomic mass is 9.94. The van der Waals surface area contributed by atoms with Crippen LogP contribution in [0.4, 0.5) is 0 Å². The fourth-order valence-electron chi connectivity index (χ4n) is 1.83. The van der Waals surface area contributed by atoms with Crippen LogP contribution in [0.25, 0.3) is 0 Å². The quantitative estimate of drug-likeness (QED) is 0.778. The Morgan fingerprint density at radius 1 is 1.43 bits per heavy atom. The van der Waals surface area contributed by atoms with Gasteiger partial charge in [0.1, 0.15) is 0 Å². The molecular formula is C11H12O3. The van der Waals surface area contributed by atoms with Crippen molar-refractivity contribution in [3.8, 4) is 0 Å². The molecular weight excluding hydrogens is 180 g/mol. The lowest BCUT2D eigenvalue weighted by molar-refractivity contribution is 0.0695. The zero-order valence-electron chi connectivity index (χ0n) is 7.77. The minimum absolute atomic E-state index is 0.252. The zero-order valence-corrected chi connectivity index (χ0v) is 7.77. The van der Waals surface area contributed by atoms with Gasteiger partial charge < -0.3 is 9.84 Å². The number of hydrogen-bond donors (Lipinski definition) is 1. The molecule has 14 heavy (non-hydrogen) atoms. The van der Waals surface area contributed by atoms with Crippen LogP contribution in [0.5, 0.6) is 0 Å². The van der Waals surface area contributed by atoms with Crippen LogP contribution in [0.1, 0.15) is 28.3 Å². The molecule has 2 rings (SSSR count). The first kappa shape index (κ1) is 9.21. The van der Waals surface area contributed by atoms with Crippen LogP contribution in [0.2, 0.25) is 0 Å². The van der Waals surface area contributed by atoms with Crippen molar-refractivity contribution in [3.63, 3.8) is 0 Å². The second kappa shape index (κ2) is 3.80. The molecule has 74 valence electrons. The van der Waals surface area contributed by atoms with Gasteiger partial charge in [0, 0.05) is 12.5 Å². The smallest absolute Gasteiger partial charge is 0.335 e. The topological polar surface area (TPSA) is 46.5 Å². The Morgan fingerprint density at radius 3 is 2.86 bits per heavy atom. The van der Waals surface area contributed by atoms with Crippen molar-refractivity contribution in [1.82, 2.24) is 0 Å². The molecule has 0 saturated carbocycles. The second-order valence-corrected chi connectivity index (χ2v) is 3.45. The van der Waals surface area contributed by atoms with Crippen LogP contribution in [-0.4, -0.2) is 24.3 Å². The highest BCUT2D eigenvalue weighted by atomic mass is 16.5. The first-order chi connectivity index (χ1) is 6.79. The standard InChI is InChI=1S/C11H12O3/c12-11(13)10-4-2-1-3-9(10)8-5-6-14-7-8/h1-4,8H,5-7H2,(H,12,13). The summed E-state index contributed by atoms with van der Waals surface area (Å²) in [6, 6.07) is 7.15. The molecule has 1 aliphatic heterocycles. The molecule has 1 unspecified atom stereocenters. The highest BCUT2D eigenvalue weighted by Gasteiger charge is 2.22. The number of benzene rings is 1. The van der Waals surface area contributed by atoms with Gasteiger partial charge in [0.2, 0.25) is 0 Å². The van der Waals surface area contributed by atoms with Crippen molar-refractivity contribution in [3.05, 3.63) is 35.4 Å². The van der Waals surface area contributed by atoms with E-state index in [1.165, 1.54) is 0 Å². The van der Waals surface area contributed by atoms with Crippen molar-refractivity contribution in [2.24, 2.45) is 0 Å². The van der Waals surface area contributed by atoms with Gasteiger partial charge in [-0.2, -0.15) is 0 Å². The van der Waals surface area contributed by atoms with Gasteiger partial charge in [0.25, 0.3) is 0 Å². The molecule has 0 spiro atoms. The first-order valence-electron chi connectivity index (χ1n) is 4.69. The van der Waals surface area contributed by atoms with E-state index in [4.69, 9.17) is 9.84 Å². The SMILES string of the molecule is O=C(O)c1ccccc1C1CCOC1. The molecule has 1 saturated heterocycles. The van der Waals surface area contributed by atoms with E-state index in [1.807, 2.05) is 12.1 Å². The summed E-state index contributed by atoms with van der Waals surface area (Å²) in [5, 5.41) is 8.99. The highest BCUT2D eigenvalue weighted by molar-refractivity contribution is 5.89. The number of carboxylic acids is 1. The van der Waals surface area contributed by atoms with E-state index < -0.39 is 5.97 Å². The van der Waals surface area contributed by atoms with E-state index >= 15 is 0 Å². The molecule has 0 aromatic heterocycles. The Labute approximate surface area is 82.3 Å². The summed E-state index contributed by atoms with van der Waals surface area (Å²) >= 11 is 0. The van der Waals surface area contributed by atoms with E-state index in [-0.39, 0.29) is 5.92 Å². The van der Waals surface area contributed by atoms with Crippen LogP contribution >= 0.6 is 0 Å². The van der Waals surface area contributed by atoms with Gasteiger partial charge in [-0.25, -0.2) is 4.79 Å². The van der Waals surface area contributed by atoms with E-state index in [2.05, 4.69) is 0 Å². The number of rotatable bonds is 2. The molecule has 1 aromatic carbocycles. The van der Waals surface area contributed by atoms with E-state index in [0.29, 0.717) is 12.2 Å². The molecule has 1 heterocycles. The van der Waals surface area contributed by atoms with Gasteiger partial charge in [-0.1, -0.05) is 18.2 Å². The summed E-state index contributed by atoms with van der Waals surface area (Å²) in [5.74, 6) is -0.602. The number of ether oxygens (including phenoxy) is 1. The Bertz CT molecular complexity index is 340. The third-order valence-corrected chi connectivity index (χ3v) is 2.56. The van der Waals surface area contributed by atoms with Crippen molar-refractivity contribution in [2.75, 3.05) is 13.2 Å². The maximum Gasteiger partial charge on any atom is 0.335 e. The Kier molecular flexibility index (Phi) is 2.50. The maximum absolute atomic E-state index is 10.9. The zero-order chi connectivity index (χ0) is 9.97. The average Bonchev–Trinajstić information content (AvgIpc) is 2.70.